The molecule has 4 aliphatic rings. The second kappa shape index (κ2) is 9.15. The molecule has 202 valence electrons. The maximum absolute atomic E-state index is 13.2. The van der Waals surface area contributed by atoms with Gasteiger partial charge >= 0.3 is 13.1 Å². The van der Waals surface area contributed by atoms with Gasteiger partial charge in [0.1, 0.15) is 12.2 Å². The highest BCUT2D eigenvalue weighted by Crippen LogP contribution is 2.42. The minimum absolute atomic E-state index is 0.318. The number of fused-ring (bicyclic) bond motifs is 1. The van der Waals surface area contributed by atoms with Crippen LogP contribution in [0.25, 0.3) is 6.08 Å². The topological polar surface area (TPSA) is 90.9 Å². The van der Waals surface area contributed by atoms with Crippen LogP contribution in [0.1, 0.15) is 71.3 Å². The molecule has 0 unspecified atom stereocenters. The third-order valence-electron chi connectivity index (χ3n) is 7.53. The molecule has 0 aliphatic carbocycles. The summed E-state index contributed by atoms with van der Waals surface area (Å²) in [6, 6.07) is 7.14. The Bertz CT molecular complexity index is 1030. The Morgan fingerprint density at radius 2 is 1.54 bits per heavy atom. The Kier molecular flexibility index (Phi) is 6.63. The smallest absolute Gasteiger partial charge is 0.453 e. The molecule has 4 aliphatic heterocycles. The van der Waals surface area contributed by atoms with E-state index in [9.17, 15) is 4.79 Å². The number of esters is 1. The molecule has 1 aromatic rings. The number of carbonyl (C=O) groups excluding carboxylic acids is 1. The first-order valence-corrected chi connectivity index (χ1v) is 12.8. The zero-order valence-electron chi connectivity index (χ0n) is 22.8. The van der Waals surface area contributed by atoms with E-state index >= 15 is 0 Å². The van der Waals surface area contributed by atoms with Gasteiger partial charge in [0, 0.05) is 0 Å². The summed E-state index contributed by atoms with van der Waals surface area (Å²) in [6.45, 7) is 15.6. The highest BCUT2D eigenvalue weighted by atomic mass is 16.8. The third-order valence-corrected chi connectivity index (χ3v) is 7.53. The van der Waals surface area contributed by atoms with E-state index in [2.05, 4.69) is 0 Å². The third kappa shape index (κ3) is 5.38. The second-order valence-corrected chi connectivity index (χ2v) is 11.9. The van der Waals surface area contributed by atoms with Crippen LogP contribution in [0, 0.1) is 0 Å². The summed E-state index contributed by atoms with van der Waals surface area (Å²) in [6.07, 6.45) is -1.04. The summed E-state index contributed by atoms with van der Waals surface area (Å²) in [5, 5.41) is 0. The van der Waals surface area contributed by atoms with Crippen molar-refractivity contribution in [3.63, 3.8) is 0 Å². The van der Waals surface area contributed by atoms with E-state index < -0.39 is 66.6 Å². The average molecular weight is 516 g/mol. The van der Waals surface area contributed by atoms with Crippen molar-refractivity contribution >= 4 is 19.2 Å². The van der Waals surface area contributed by atoms with E-state index in [0.717, 1.165) is 5.56 Å². The summed E-state index contributed by atoms with van der Waals surface area (Å²) < 4.78 is 47.7. The maximum Gasteiger partial charge on any atom is 0.487 e. The SMILES string of the molecule is CC1(C)O[C@H]2O[C@H]([C@H]3COC(C)(C)O3)[C@H](OC(=O)c3ccc(/C=C/B4OC(C)(C)C(C)(C)O4)cc3)[C@H]2O1. The van der Waals surface area contributed by atoms with Crippen LogP contribution in [0.2, 0.25) is 0 Å². The lowest BCUT2D eigenvalue weighted by molar-refractivity contribution is -0.232. The number of benzene rings is 1. The van der Waals surface area contributed by atoms with Gasteiger partial charge in [-0.2, -0.15) is 0 Å². The highest BCUT2D eigenvalue weighted by molar-refractivity contribution is 6.52. The molecule has 9 nitrogen and oxygen atoms in total. The molecule has 0 bridgehead atoms. The van der Waals surface area contributed by atoms with E-state index in [-0.39, 0.29) is 0 Å². The molecule has 0 amide bonds. The minimum Gasteiger partial charge on any atom is -0.453 e. The molecule has 0 radical (unpaired) electrons. The van der Waals surface area contributed by atoms with Gasteiger partial charge in [0.15, 0.2) is 30.1 Å². The Balaban J connectivity index is 1.26. The first-order valence-electron chi connectivity index (χ1n) is 12.8. The van der Waals surface area contributed by atoms with Crippen LogP contribution in [0.4, 0.5) is 0 Å². The van der Waals surface area contributed by atoms with Gasteiger partial charge in [0.05, 0.1) is 23.4 Å². The zero-order valence-corrected chi connectivity index (χ0v) is 22.8. The van der Waals surface area contributed by atoms with Crippen molar-refractivity contribution in [2.24, 2.45) is 0 Å². The monoisotopic (exact) mass is 516 g/mol. The predicted molar refractivity (Wildman–Crippen MR) is 134 cm³/mol. The first-order chi connectivity index (χ1) is 17.1. The molecule has 0 aromatic heterocycles. The van der Waals surface area contributed by atoms with E-state index in [1.165, 1.54) is 0 Å². The van der Waals surface area contributed by atoms with Gasteiger partial charge in [0.25, 0.3) is 0 Å². The standard InChI is InChI=1S/C27H37BO9/c1-24(2)25(3,4)37-28(36-24)14-13-16-9-11-17(12-10-16)22(29)31-20-19(18-15-30-26(5,6)33-18)32-23-21(20)34-27(7,8)35-23/h9-14,18-21,23H,15H2,1-8H3/b14-13+/t18-,19-,20+,21-,23-/m1/s1. The molecule has 4 heterocycles. The Morgan fingerprint density at radius 1 is 0.892 bits per heavy atom. The molecule has 0 spiro atoms. The summed E-state index contributed by atoms with van der Waals surface area (Å²) in [5.41, 5.74) is 0.523. The van der Waals surface area contributed by atoms with Gasteiger partial charge in [-0.3, -0.25) is 0 Å². The Hall–Kier alpha value is -1.79. The van der Waals surface area contributed by atoms with Crippen LogP contribution in [0.3, 0.4) is 0 Å². The van der Waals surface area contributed by atoms with Crippen LogP contribution < -0.4 is 0 Å². The van der Waals surface area contributed by atoms with E-state index in [1.54, 1.807) is 26.0 Å². The Morgan fingerprint density at radius 3 is 2.14 bits per heavy atom. The van der Waals surface area contributed by atoms with Gasteiger partial charge in [-0.1, -0.05) is 24.2 Å². The first kappa shape index (κ1) is 26.8. The van der Waals surface area contributed by atoms with E-state index in [0.29, 0.717) is 12.2 Å². The van der Waals surface area contributed by atoms with Crippen LogP contribution in [-0.2, 0) is 37.7 Å². The maximum atomic E-state index is 13.2. The summed E-state index contributed by atoms with van der Waals surface area (Å²) in [5.74, 6) is -0.200. The molecule has 0 saturated carbocycles. The summed E-state index contributed by atoms with van der Waals surface area (Å²) >= 11 is 0. The minimum atomic E-state index is -0.845. The van der Waals surface area contributed by atoms with Crippen molar-refractivity contribution in [2.75, 3.05) is 6.61 Å². The zero-order chi connectivity index (χ0) is 26.8. The quantitative estimate of drug-likeness (QED) is 0.427. The lowest BCUT2D eigenvalue weighted by atomic mass is 9.89. The molecule has 10 heteroatoms. The lowest BCUT2D eigenvalue weighted by Crippen LogP contribution is -2.45. The Labute approximate surface area is 218 Å². The fourth-order valence-electron chi connectivity index (χ4n) is 4.89. The van der Waals surface area contributed by atoms with Gasteiger partial charge < -0.3 is 37.7 Å². The number of ether oxygens (including phenoxy) is 6. The molecule has 37 heavy (non-hydrogen) atoms. The average Bonchev–Trinajstić information content (AvgIpc) is 3.46. The molecule has 0 N–H and O–H groups in total. The largest absolute Gasteiger partial charge is 0.487 e. The van der Waals surface area contributed by atoms with Crippen molar-refractivity contribution in [1.82, 2.24) is 0 Å². The molecule has 4 fully saturated rings. The highest BCUT2D eigenvalue weighted by Gasteiger charge is 2.60. The molecule has 5 atom stereocenters. The number of carbonyl (C=O) groups is 1. The fourth-order valence-corrected chi connectivity index (χ4v) is 4.89. The second-order valence-electron chi connectivity index (χ2n) is 11.9. The predicted octanol–water partition coefficient (Wildman–Crippen LogP) is 3.88. The lowest BCUT2D eigenvalue weighted by Gasteiger charge is -2.32. The van der Waals surface area contributed by atoms with Crippen LogP contribution >= 0.6 is 0 Å². The summed E-state index contributed by atoms with van der Waals surface area (Å²) in [4.78, 5) is 13.2. The molecular weight excluding hydrogens is 479 g/mol. The van der Waals surface area contributed by atoms with Gasteiger partial charge in [0.2, 0.25) is 0 Å². The molecule has 4 saturated heterocycles. The van der Waals surface area contributed by atoms with Crippen molar-refractivity contribution < 1.29 is 42.5 Å². The van der Waals surface area contributed by atoms with Crippen molar-refractivity contribution in [2.45, 2.75) is 109 Å². The molecular formula is C27H37BO9. The van der Waals surface area contributed by atoms with Crippen molar-refractivity contribution in [1.29, 1.82) is 0 Å². The van der Waals surface area contributed by atoms with E-state index in [4.69, 9.17) is 37.7 Å². The van der Waals surface area contributed by atoms with Crippen LogP contribution in [0.15, 0.2) is 30.2 Å². The van der Waals surface area contributed by atoms with Crippen LogP contribution in [0.5, 0.6) is 0 Å². The summed E-state index contributed by atoms with van der Waals surface area (Å²) in [7, 11) is -0.438. The van der Waals surface area contributed by atoms with Gasteiger partial charge in [-0.15, -0.1) is 0 Å². The fraction of sp³-hybridized carbons (Fsp3) is 0.667. The van der Waals surface area contributed by atoms with Gasteiger partial charge in [-0.05, 0) is 73.1 Å². The normalized spacial score (nSPS) is 35.2. The van der Waals surface area contributed by atoms with E-state index in [1.807, 2.05) is 65.7 Å². The number of hydrogen-bond donors (Lipinski definition) is 0. The van der Waals surface area contributed by atoms with Gasteiger partial charge in [-0.25, -0.2) is 4.79 Å². The molecule has 5 rings (SSSR count). The van der Waals surface area contributed by atoms with Crippen molar-refractivity contribution in [3.8, 4) is 0 Å². The van der Waals surface area contributed by atoms with Crippen LogP contribution in [-0.4, -0.2) is 73.2 Å². The number of hydrogen-bond acceptors (Lipinski definition) is 9. The van der Waals surface area contributed by atoms with Crippen molar-refractivity contribution in [3.05, 3.63) is 41.4 Å². The number of rotatable bonds is 5. The molecule has 1 aromatic carbocycles.